The second-order valence-corrected chi connectivity index (χ2v) is 8.63. The standard InChI is InChI=1S/C28H20FNO3S/c29-22-8-6-19(7-9-22)17-32-23-10-11-24-25(16-23)33-28(34-18-20-12-14-30-15-13-20)26(27(24)31)21-4-2-1-3-5-21/h1-16H,17-18H2. The van der Waals surface area contributed by atoms with Gasteiger partial charge in [0, 0.05) is 24.2 Å². The molecule has 34 heavy (non-hydrogen) atoms. The van der Waals surface area contributed by atoms with E-state index in [-0.39, 0.29) is 17.9 Å². The van der Waals surface area contributed by atoms with Crippen molar-refractivity contribution in [3.8, 4) is 16.9 Å². The Hall–Kier alpha value is -3.90. The van der Waals surface area contributed by atoms with Crippen molar-refractivity contribution in [2.24, 2.45) is 0 Å². The van der Waals surface area contributed by atoms with Gasteiger partial charge in [-0.3, -0.25) is 9.78 Å². The largest absolute Gasteiger partial charge is 0.489 e. The molecule has 0 fully saturated rings. The molecule has 0 amide bonds. The minimum Gasteiger partial charge on any atom is -0.489 e. The highest BCUT2D eigenvalue weighted by molar-refractivity contribution is 7.98. The van der Waals surface area contributed by atoms with Gasteiger partial charge in [0.05, 0.1) is 10.9 Å². The summed E-state index contributed by atoms with van der Waals surface area (Å²) in [6.45, 7) is 0.280. The van der Waals surface area contributed by atoms with E-state index in [0.717, 1.165) is 16.7 Å². The molecule has 0 N–H and O–H groups in total. The third-order valence-corrected chi connectivity index (χ3v) is 6.36. The molecule has 0 aliphatic heterocycles. The number of hydrogen-bond acceptors (Lipinski definition) is 5. The van der Waals surface area contributed by atoms with Crippen molar-refractivity contribution in [2.45, 2.75) is 17.5 Å². The highest BCUT2D eigenvalue weighted by atomic mass is 32.2. The van der Waals surface area contributed by atoms with Crippen LogP contribution in [0.15, 0.2) is 112 Å². The van der Waals surface area contributed by atoms with Gasteiger partial charge < -0.3 is 9.15 Å². The fraction of sp³-hybridized carbons (Fsp3) is 0.0714. The summed E-state index contributed by atoms with van der Waals surface area (Å²) in [5.41, 5.74) is 3.65. The van der Waals surface area contributed by atoms with E-state index in [1.165, 1.54) is 23.9 Å². The third kappa shape index (κ3) is 4.87. The van der Waals surface area contributed by atoms with Crippen molar-refractivity contribution in [1.29, 1.82) is 0 Å². The van der Waals surface area contributed by atoms with Gasteiger partial charge in [0.1, 0.15) is 23.8 Å². The molecule has 5 aromatic rings. The Morgan fingerprint density at radius 1 is 0.882 bits per heavy atom. The van der Waals surface area contributed by atoms with Gasteiger partial charge in [0.25, 0.3) is 0 Å². The first-order valence-electron chi connectivity index (χ1n) is 10.7. The van der Waals surface area contributed by atoms with Crippen LogP contribution in [0.25, 0.3) is 22.1 Å². The molecule has 0 atom stereocenters. The van der Waals surface area contributed by atoms with Gasteiger partial charge in [-0.15, -0.1) is 0 Å². The first-order chi connectivity index (χ1) is 16.7. The Kier molecular flexibility index (Phi) is 6.40. The number of halogens is 1. The first-order valence-corrected chi connectivity index (χ1v) is 11.7. The van der Waals surface area contributed by atoms with E-state index in [0.29, 0.717) is 33.1 Å². The number of thioether (sulfide) groups is 1. The second-order valence-electron chi connectivity index (χ2n) is 7.68. The van der Waals surface area contributed by atoms with Gasteiger partial charge in [-0.05, 0) is 53.1 Å². The molecule has 2 heterocycles. The molecule has 0 bridgehead atoms. The van der Waals surface area contributed by atoms with E-state index in [4.69, 9.17) is 9.15 Å². The maximum atomic E-state index is 13.5. The van der Waals surface area contributed by atoms with Crippen LogP contribution in [0.3, 0.4) is 0 Å². The van der Waals surface area contributed by atoms with E-state index < -0.39 is 0 Å². The molecule has 0 spiro atoms. The Morgan fingerprint density at radius 3 is 2.41 bits per heavy atom. The summed E-state index contributed by atoms with van der Waals surface area (Å²) in [6.07, 6.45) is 3.49. The van der Waals surface area contributed by atoms with Gasteiger partial charge in [-0.1, -0.05) is 54.2 Å². The first kappa shape index (κ1) is 21.9. The van der Waals surface area contributed by atoms with Crippen LogP contribution in [0.4, 0.5) is 4.39 Å². The molecule has 168 valence electrons. The van der Waals surface area contributed by atoms with Crippen molar-refractivity contribution < 1.29 is 13.5 Å². The van der Waals surface area contributed by atoms with E-state index in [9.17, 15) is 9.18 Å². The van der Waals surface area contributed by atoms with Crippen LogP contribution >= 0.6 is 11.8 Å². The summed E-state index contributed by atoms with van der Waals surface area (Å²) in [6, 6.07) is 24.8. The van der Waals surface area contributed by atoms with E-state index in [1.807, 2.05) is 42.5 Å². The number of fused-ring (bicyclic) bond motifs is 1. The smallest absolute Gasteiger partial charge is 0.201 e. The Morgan fingerprint density at radius 2 is 1.65 bits per heavy atom. The summed E-state index contributed by atoms with van der Waals surface area (Å²) < 4.78 is 25.3. The molecule has 2 aromatic heterocycles. The zero-order valence-electron chi connectivity index (χ0n) is 18.1. The molecule has 0 radical (unpaired) electrons. The number of pyridine rings is 1. The Balaban J connectivity index is 1.51. The molecular weight excluding hydrogens is 449 g/mol. The zero-order chi connectivity index (χ0) is 23.3. The lowest BCUT2D eigenvalue weighted by Crippen LogP contribution is -2.07. The fourth-order valence-electron chi connectivity index (χ4n) is 3.57. The lowest BCUT2D eigenvalue weighted by atomic mass is 10.1. The molecule has 0 saturated carbocycles. The number of nitrogens with zero attached hydrogens (tertiary/aromatic N) is 1. The van der Waals surface area contributed by atoms with Crippen molar-refractivity contribution in [1.82, 2.24) is 4.98 Å². The normalized spacial score (nSPS) is 11.0. The molecular formula is C28H20FNO3S. The lowest BCUT2D eigenvalue weighted by Gasteiger charge is -2.12. The van der Waals surface area contributed by atoms with E-state index in [2.05, 4.69) is 4.98 Å². The molecule has 4 nitrogen and oxygen atoms in total. The number of hydrogen-bond donors (Lipinski definition) is 0. The third-order valence-electron chi connectivity index (χ3n) is 5.33. The van der Waals surface area contributed by atoms with Gasteiger partial charge in [0.15, 0.2) is 5.09 Å². The topological polar surface area (TPSA) is 52.3 Å². The summed E-state index contributed by atoms with van der Waals surface area (Å²) in [4.78, 5) is 17.6. The van der Waals surface area contributed by atoms with Crippen LogP contribution in [-0.2, 0) is 12.4 Å². The SMILES string of the molecule is O=c1c(-c2ccccc2)c(SCc2ccncc2)oc2cc(OCc3ccc(F)cc3)ccc12. The molecule has 0 unspecified atom stereocenters. The van der Waals surface area contributed by atoms with Crippen LogP contribution in [-0.4, -0.2) is 4.98 Å². The molecule has 0 aliphatic rings. The molecule has 0 saturated heterocycles. The van der Waals surface area contributed by atoms with E-state index in [1.54, 1.807) is 42.7 Å². The van der Waals surface area contributed by atoms with Crippen LogP contribution in [0, 0.1) is 5.82 Å². The quantitative estimate of drug-likeness (QED) is 0.244. The van der Waals surface area contributed by atoms with E-state index >= 15 is 0 Å². The van der Waals surface area contributed by atoms with Crippen LogP contribution in [0.5, 0.6) is 5.75 Å². The lowest BCUT2D eigenvalue weighted by molar-refractivity contribution is 0.306. The predicted molar refractivity (Wildman–Crippen MR) is 132 cm³/mol. The molecule has 6 heteroatoms. The monoisotopic (exact) mass is 469 g/mol. The maximum Gasteiger partial charge on any atom is 0.201 e. The highest BCUT2D eigenvalue weighted by Crippen LogP contribution is 2.34. The highest BCUT2D eigenvalue weighted by Gasteiger charge is 2.17. The van der Waals surface area contributed by atoms with Gasteiger partial charge in [-0.2, -0.15) is 0 Å². The average molecular weight is 470 g/mol. The van der Waals surface area contributed by atoms with Gasteiger partial charge in [-0.25, -0.2) is 4.39 Å². The van der Waals surface area contributed by atoms with Crippen LogP contribution in [0.1, 0.15) is 11.1 Å². The Labute approximate surface area is 200 Å². The predicted octanol–water partition coefficient (Wildman–Crippen LogP) is 6.87. The van der Waals surface area contributed by atoms with Crippen LogP contribution < -0.4 is 10.2 Å². The molecule has 0 aliphatic carbocycles. The maximum absolute atomic E-state index is 13.5. The number of rotatable bonds is 7. The van der Waals surface area contributed by atoms with Crippen molar-refractivity contribution >= 4 is 22.7 Å². The summed E-state index contributed by atoms with van der Waals surface area (Å²) in [5, 5.41) is 1.04. The minimum absolute atomic E-state index is 0.0882. The van der Waals surface area contributed by atoms with Crippen LogP contribution in [0.2, 0.25) is 0 Å². The van der Waals surface area contributed by atoms with Gasteiger partial charge in [0.2, 0.25) is 5.43 Å². The average Bonchev–Trinajstić information content (AvgIpc) is 2.88. The van der Waals surface area contributed by atoms with Gasteiger partial charge >= 0.3 is 0 Å². The molecule has 5 rings (SSSR count). The van der Waals surface area contributed by atoms with Crippen molar-refractivity contribution in [3.63, 3.8) is 0 Å². The summed E-state index contributed by atoms with van der Waals surface area (Å²) in [7, 11) is 0. The summed E-state index contributed by atoms with van der Waals surface area (Å²) in [5.74, 6) is 0.914. The Bertz CT molecular complexity index is 1470. The second kappa shape index (κ2) is 9.93. The minimum atomic E-state index is -0.290. The van der Waals surface area contributed by atoms with Crippen molar-refractivity contribution in [3.05, 3.63) is 124 Å². The zero-order valence-corrected chi connectivity index (χ0v) is 18.9. The summed E-state index contributed by atoms with van der Waals surface area (Å²) >= 11 is 1.47. The number of ether oxygens (including phenoxy) is 1. The fourth-order valence-corrected chi connectivity index (χ4v) is 4.57. The van der Waals surface area contributed by atoms with Crippen molar-refractivity contribution in [2.75, 3.05) is 0 Å². The number of aromatic nitrogens is 1. The molecule has 3 aromatic carbocycles. The number of benzene rings is 3.